The molecule has 0 unspecified atom stereocenters. The quantitative estimate of drug-likeness (QED) is 0.763. The highest BCUT2D eigenvalue weighted by molar-refractivity contribution is 5.78. The number of rotatable bonds is 3. The average molecular weight is 239 g/mol. The van der Waals surface area contributed by atoms with E-state index in [1.807, 2.05) is 0 Å². The van der Waals surface area contributed by atoms with Crippen molar-refractivity contribution in [3.63, 3.8) is 0 Å². The van der Waals surface area contributed by atoms with Crippen molar-refractivity contribution in [2.75, 3.05) is 26.2 Å². The Bertz CT molecular complexity index is 251. The molecule has 1 heterocycles. The highest BCUT2D eigenvalue weighted by Gasteiger charge is 2.20. The molecular weight excluding hydrogens is 214 g/mol. The van der Waals surface area contributed by atoms with Crippen LogP contribution in [0.5, 0.6) is 0 Å². The van der Waals surface area contributed by atoms with Gasteiger partial charge in [-0.3, -0.25) is 9.69 Å². The van der Waals surface area contributed by atoms with Crippen LogP contribution in [0.4, 0.5) is 0 Å². The first kappa shape index (κ1) is 12.8. The first-order valence-corrected chi connectivity index (χ1v) is 6.99. The van der Waals surface area contributed by atoms with Crippen LogP contribution >= 0.6 is 0 Å². The molecular formula is C13H25N3O. The van der Waals surface area contributed by atoms with Crippen molar-refractivity contribution in [1.82, 2.24) is 15.5 Å². The Hall–Kier alpha value is -0.610. The molecule has 17 heavy (non-hydrogen) atoms. The first-order chi connectivity index (χ1) is 8.24. The molecule has 0 aromatic rings. The minimum absolute atomic E-state index is 0.214. The van der Waals surface area contributed by atoms with E-state index in [1.54, 1.807) is 0 Å². The molecule has 1 amide bonds. The zero-order chi connectivity index (χ0) is 12.1. The number of nitrogens with one attached hydrogen (secondary N) is 2. The fourth-order valence-corrected chi connectivity index (χ4v) is 2.88. The molecule has 1 aliphatic carbocycles. The van der Waals surface area contributed by atoms with E-state index in [4.69, 9.17) is 0 Å². The summed E-state index contributed by atoms with van der Waals surface area (Å²) in [6.45, 7) is 5.71. The van der Waals surface area contributed by atoms with Crippen LogP contribution in [0.2, 0.25) is 0 Å². The number of hydrogen-bond acceptors (Lipinski definition) is 3. The van der Waals surface area contributed by atoms with Crippen LogP contribution in [0.1, 0.15) is 39.0 Å². The lowest BCUT2D eigenvalue weighted by Crippen LogP contribution is -2.52. The van der Waals surface area contributed by atoms with Crippen LogP contribution in [-0.4, -0.2) is 49.1 Å². The highest BCUT2D eigenvalue weighted by atomic mass is 16.2. The molecule has 0 aromatic carbocycles. The molecule has 0 radical (unpaired) electrons. The van der Waals surface area contributed by atoms with Gasteiger partial charge in [-0.05, 0) is 19.8 Å². The zero-order valence-electron chi connectivity index (χ0n) is 10.9. The van der Waals surface area contributed by atoms with E-state index in [0.717, 1.165) is 19.6 Å². The van der Waals surface area contributed by atoms with Gasteiger partial charge in [0, 0.05) is 31.7 Å². The van der Waals surface area contributed by atoms with Crippen LogP contribution < -0.4 is 10.6 Å². The van der Waals surface area contributed by atoms with Crippen LogP contribution in [0.25, 0.3) is 0 Å². The lowest BCUT2D eigenvalue weighted by atomic mass is 9.95. The Morgan fingerprint density at radius 1 is 1.35 bits per heavy atom. The molecule has 1 saturated carbocycles. The largest absolute Gasteiger partial charge is 0.352 e. The summed E-state index contributed by atoms with van der Waals surface area (Å²) >= 11 is 0. The standard InChI is InChI=1S/C13H25N3O/c1-11-9-16(8-7-14-11)10-13(17)15-12-5-3-2-4-6-12/h11-12,14H,2-10H2,1H3,(H,15,17)/t11-/m0/s1. The smallest absolute Gasteiger partial charge is 0.234 e. The van der Waals surface area contributed by atoms with Gasteiger partial charge in [0.2, 0.25) is 5.91 Å². The van der Waals surface area contributed by atoms with Crippen LogP contribution in [0.15, 0.2) is 0 Å². The van der Waals surface area contributed by atoms with E-state index in [9.17, 15) is 4.79 Å². The summed E-state index contributed by atoms with van der Waals surface area (Å²) in [5.74, 6) is 0.214. The number of amides is 1. The van der Waals surface area contributed by atoms with Gasteiger partial charge in [-0.1, -0.05) is 19.3 Å². The predicted molar refractivity (Wildman–Crippen MR) is 68.9 cm³/mol. The topological polar surface area (TPSA) is 44.4 Å². The molecule has 2 aliphatic rings. The van der Waals surface area contributed by atoms with E-state index < -0.39 is 0 Å². The average Bonchev–Trinajstić information content (AvgIpc) is 2.30. The molecule has 1 atom stereocenters. The lowest BCUT2D eigenvalue weighted by molar-refractivity contribution is -0.123. The van der Waals surface area contributed by atoms with Gasteiger partial charge in [-0.25, -0.2) is 0 Å². The molecule has 4 heteroatoms. The molecule has 1 aliphatic heterocycles. The normalized spacial score (nSPS) is 27.9. The van der Waals surface area contributed by atoms with Gasteiger partial charge in [0.1, 0.15) is 0 Å². The maximum atomic E-state index is 11.9. The van der Waals surface area contributed by atoms with Crippen molar-refractivity contribution in [1.29, 1.82) is 0 Å². The molecule has 4 nitrogen and oxygen atoms in total. The van der Waals surface area contributed by atoms with Gasteiger partial charge in [-0.2, -0.15) is 0 Å². The maximum absolute atomic E-state index is 11.9. The number of carbonyl (C=O) groups excluding carboxylic acids is 1. The molecule has 98 valence electrons. The van der Waals surface area contributed by atoms with E-state index in [2.05, 4.69) is 22.5 Å². The van der Waals surface area contributed by atoms with Crippen molar-refractivity contribution in [2.24, 2.45) is 0 Å². The number of nitrogens with zero attached hydrogens (tertiary/aromatic N) is 1. The van der Waals surface area contributed by atoms with Gasteiger partial charge in [0.15, 0.2) is 0 Å². The van der Waals surface area contributed by atoms with E-state index >= 15 is 0 Å². The number of piperazine rings is 1. The van der Waals surface area contributed by atoms with E-state index in [0.29, 0.717) is 18.6 Å². The third-order valence-electron chi connectivity index (χ3n) is 3.79. The predicted octanol–water partition coefficient (Wildman–Crippen LogP) is 0.729. The minimum atomic E-state index is 0.214. The summed E-state index contributed by atoms with van der Waals surface area (Å²) < 4.78 is 0. The summed E-state index contributed by atoms with van der Waals surface area (Å²) in [4.78, 5) is 14.2. The Labute approximate surface area is 104 Å². The Kier molecular flexibility index (Phi) is 4.80. The van der Waals surface area contributed by atoms with Crippen molar-refractivity contribution in [3.05, 3.63) is 0 Å². The van der Waals surface area contributed by atoms with Crippen LogP contribution in [0, 0.1) is 0 Å². The maximum Gasteiger partial charge on any atom is 0.234 e. The molecule has 0 aromatic heterocycles. The second kappa shape index (κ2) is 6.36. The fraction of sp³-hybridized carbons (Fsp3) is 0.923. The summed E-state index contributed by atoms with van der Waals surface area (Å²) in [5.41, 5.74) is 0. The third kappa shape index (κ3) is 4.28. The summed E-state index contributed by atoms with van der Waals surface area (Å²) in [7, 11) is 0. The molecule has 2 rings (SSSR count). The third-order valence-corrected chi connectivity index (χ3v) is 3.79. The van der Waals surface area contributed by atoms with Gasteiger partial charge in [-0.15, -0.1) is 0 Å². The first-order valence-electron chi connectivity index (χ1n) is 6.99. The van der Waals surface area contributed by atoms with Crippen molar-refractivity contribution < 1.29 is 4.79 Å². The molecule has 1 saturated heterocycles. The lowest BCUT2D eigenvalue weighted by Gasteiger charge is -2.32. The summed E-state index contributed by atoms with van der Waals surface area (Å²) in [6, 6.07) is 0.947. The second-order valence-corrected chi connectivity index (χ2v) is 5.49. The summed E-state index contributed by atoms with van der Waals surface area (Å²) in [5, 5.41) is 6.57. The Balaban J connectivity index is 1.68. The Morgan fingerprint density at radius 3 is 2.82 bits per heavy atom. The van der Waals surface area contributed by atoms with E-state index in [1.165, 1.54) is 32.1 Å². The molecule has 2 fully saturated rings. The molecule has 0 bridgehead atoms. The monoisotopic (exact) mass is 239 g/mol. The Morgan fingerprint density at radius 2 is 2.12 bits per heavy atom. The van der Waals surface area contributed by atoms with Crippen molar-refractivity contribution in [2.45, 2.75) is 51.1 Å². The minimum Gasteiger partial charge on any atom is -0.352 e. The van der Waals surface area contributed by atoms with Crippen molar-refractivity contribution in [3.8, 4) is 0 Å². The van der Waals surface area contributed by atoms with Crippen LogP contribution in [0.3, 0.4) is 0 Å². The fourth-order valence-electron chi connectivity index (χ4n) is 2.88. The highest BCUT2D eigenvalue weighted by Crippen LogP contribution is 2.17. The van der Waals surface area contributed by atoms with Gasteiger partial charge >= 0.3 is 0 Å². The second-order valence-electron chi connectivity index (χ2n) is 5.49. The SMILES string of the molecule is C[C@H]1CN(CC(=O)NC2CCCCC2)CCN1. The molecule has 2 N–H and O–H groups in total. The molecule has 0 spiro atoms. The van der Waals surface area contributed by atoms with Crippen LogP contribution in [-0.2, 0) is 4.79 Å². The zero-order valence-corrected chi connectivity index (χ0v) is 10.9. The van der Waals surface area contributed by atoms with Gasteiger partial charge < -0.3 is 10.6 Å². The van der Waals surface area contributed by atoms with Gasteiger partial charge in [0.25, 0.3) is 0 Å². The summed E-state index contributed by atoms with van der Waals surface area (Å²) in [6.07, 6.45) is 6.22. The number of carbonyl (C=O) groups is 1. The van der Waals surface area contributed by atoms with Crippen molar-refractivity contribution >= 4 is 5.91 Å². The van der Waals surface area contributed by atoms with E-state index in [-0.39, 0.29) is 5.91 Å². The van der Waals surface area contributed by atoms with Gasteiger partial charge in [0.05, 0.1) is 6.54 Å². The number of hydrogen-bond donors (Lipinski definition) is 2.